The van der Waals surface area contributed by atoms with Crippen LogP contribution in [0.1, 0.15) is 54.0 Å². The van der Waals surface area contributed by atoms with Crippen LogP contribution in [0.5, 0.6) is 5.75 Å². The maximum Gasteiger partial charge on any atom is 0.326 e. The largest absolute Gasteiger partial charge is 0.486 e. The predicted octanol–water partition coefficient (Wildman–Crippen LogP) is 5.44. The molecule has 1 amide bonds. The normalized spacial score (nSPS) is 18.3. The molecule has 0 bridgehead atoms. The lowest BCUT2D eigenvalue weighted by molar-refractivity contribution is -0.160. The van der Waals surface area contributed by atoms with Crippen molar-refractivity contribution >= 4 is 11.9 Å². The van der Waals surface area contributed by atoms with E-state index >= 15 is 0 Å². The van der Waals surface area contributed by atoms with E-state index in [1.54, 1.807) is 6.07 Å². The summed E-state index contributed by atoms with van der Waals surface area (Å²) >= 11 is 0. The third kappa shape index (κ3) is 5.52. The predicted molar refractivity (Wildman–Crippen MR) is 135 cm³/mol. The quantitative estimate of drug-likeness (QED) is 0.443. The summed E-state index contributed by atoms with van der Waals surface area (Å²) < 4.78 is 27.0. The number of hydrogen-bond acceptors (Lipinski definition) is 4. The molecule has 5 rings (SSSR count). The summed E-state index contributed by atoms with van der Waals surface area (Å²) in [5, 5.41) is 10.1. The molecule has 6 nitrogen and oxygen atoms in total. The van der Waals surface area contributed by atoms with Crippen molar-refractivity contribution in [3.05, 3.63) is 101 Å². The average Bonchev–Trinajstić information content (AvgIpc) is 3.44. The number of carboxylic acids is 1. The van der Waals surface area contributed by atoms with Crippen molar-refractivity contribution in [3.63, 3.8) is 0 Å². The lowest BCUT2D eigenvalue weighted by atomic mass is 9.91. The fourth-order valence-electron chi connectivity index (χ4n) is 5.22. The maximum atomic E-state index is 14.9. The van der Waals surface area contributed by atoms with Gasteiger partial charge in [0.25, 0.3) is 5.91 Å². The van der Waals surface area contributed by atoms with E-state index in [-0.39, 0.29) is 31.4 Å². The van der Waals surface area contributed by atoms with E-state index in [9.17, 15) is 19.1 Å². The van der Waals surface area contributed by atoms with Gasteiger partial charge in [0.05, 0.1) is 6.10 Å². The molecule has 192 valence electrons. The van der Waals surface area contributed by atoms with Gasteiger partial charge in [-0.1, -0.05) is 79.6 Å². The van der Waals surface area contributed by atoms with Gasteiger partial charge in [0, 0.05) is 18.5 Å². The Labute approximate surface area is 215 Å². The highest BCUT2D eigenvalue weighted by Crippen LogP contribution is 2.36. The molecule has 0 aromatic heterocycles. The Morgan fingerprint density at radius 3 is 2.32 bits per heavy atom. The molecule has 1 fully saturated rings. The molecule has 1 aliphatic heterocycles. The first-order valence-electron chi connectivity index (χ1n) is 12.7. The third-order valence-electron chi connectivity index (χ3n) is 7.18. The number of fused-ring (bicyclic) bond motifs is 1. The number of nitrogens with zero attached hydrogens (tertiary/aromatic N) is 1. The second-order valence-electron chi connectivity index (χ2n) is 9.65. The van der Waals surface area contributed by atoms with E-state index in [0.717, 1.165) is 31.2 Å². The fraction of sp³-hybridized carbons (Fsp3) is 0.333. The molecule has 0 radical (unpaired) electrons. The molecule has 0 spiro atoms. The molecule has 0 unspecified atom stereocenters. The van der Waals surface area contributed by atoms with Gasteiger partial charge in [-0.05, 0) is 35.6 Å². The molecule has 1 aliphatic carbocycles. The van der Waals surface area contributed by atoms with E-state index in [1.165, 1.54) is 11.0 Å². The molecule has 3 aromatic rings. The number of carboxylic acid groups (broad SMARTS) is 1. The number of amides is 1. The summed E-state index contributed by atoms with van der Waals surface area (Å²) in [6.45, 7) is 0.185. The van der Waals surface area contributed by atoms with Crippen LogP contribution in [-0.4, -0.2) is 34.0 Å². The Hall–Kier alpha value is -3.71. The minimum Gasteiger partial charge on any atom is -0.486 e. The highest BCUT2D eigenvalue weighted by molar-refractivity contribution is 5.88. The van der Waals surface area contributed by atoms with Crippen LogP contribution in [0.15, 0.2) is 72.8 Å². The van der Waals surface area contributed by atoms with Gasteiger partial charge in [0.2, 0.25) is 0 Å². The van der Waals surface area contributed by atoms with E-state index in [2.05, 4.69) is 0 Å². The zero-order valence-corrected chi connectivity index (χ0v) is 20.5. The SMILES string of the molecule is O=C(O)[C@@H]1Cc2c(ccc(F)c2OCc2ccccc2)CN1C(=O)[C@@H](OC1CCCC1)c1ccccc1. The molecular weight excluding hydrogens is 473 g/mol. The number of benzene rings is 3. The van der Waals surface area contributed by atoms with Crippen molar-refractivity contribution in [2.24, 2.45) is 0 Å². The van der Waals surface area contributed by atoms with Gasteiger partial charge >= 0.3 is 5.97 Å². The molecular formula is C30H30FNO5. The van der Waals surface area contributed by atoms with Crippen LogP contribution in [0.25, 0.3) is 0 Å². The van der Waals surface area contributed by atoms with Crippen molar-refractivity contribution in [1.29, 1.82) is 0 Å². The molecule has 1 heterocycles. The fourth-order valence-corrected chi connectivity index (χ4v) is 5.22. The van der Waals surface area contributed by atoms with Crippen LogP contribution < -0.4 is 4.74 Å². The zero-order chi connectivity index (χ0) is 25.8. The van der Waals surface area contributed by atoms with Crippen LogP contribution in [0.3, 0.4) is 0 Å². The van der Waals surface area contributed by atoms with E-state index < -0.39 is 29.8 Å². The summed E-state index contributed by atoms with van der Waals surface area (Å²) in [5.74, 6) is -2.05. The second kappa shape index (κ2) is 11.1. The van der Waals surface area contributed by atoms with Crippen LogP contribution in [-0.2, 0) is 33.9 Å². The van der Waals surface area contributed by atoms with Gasteiger partial charge < -0.3 is 19.5 Å². The topological polar surface area (TPSA) is 76.1 Å². The first-order valence-corrected chi connectivity index (χ1v) is 12.7. The van der Waals surface area contributed by atoms with Crippen molar-refractivity contribution in [2.75, 3.05) is 0 Å². The van der Waals surface area contributed by atoms with Gasteiger partial charge in [-0.2, -0.15) is 0 Å². The third-order valence-corrected chi connectivity index (χ3v) is 7.18. The van der Waals surface area contributed by atoms with Crippen molar-refractivity contribution < 1.29 is 28.6 Å². The Kier molecular flexibility index (Phi) is 7.51. The van der Waals surface area contributed by atoms with Crippen molar-refractivity contribution in [1.82, 2.24) is 4.90 Å². The summed E-state index contributed by atoms with van der Waals surface area (Å²) in [6, 6.07) is 20.3. The molecule has 37 heavy (non-hydrogen) atoms. The molecule has 2 atom stereocenters. The smallest absolute Gasteiger partial charge is 0.326 e. The van der Waals surface area contributed by atoms with Gasteiger partial charge in [-0.25, -0.2) is 9.18 Å². The Morgan fingerprint density at radius 2 is 1.65 bits per heavy atom. The van der Waals surface area contributed by atoms with Gasteiger partial charge in [-0.3, -0.25) is 4.79 Å². The van der Waals surface area contributed by atoms with Gasteiger partial charge in [0.15, 0.2) is 17.7 Å². The summed E-state index contributed by atoms with van der Waals surface area (Å²) in [6.07, 6.45) is 2.86. The number of hydrogen-bond donors (Lipinski definition) is 1. The monoisotopic (exact) mass is 503 g/mol. The Bertz CT molecular complexity index is 1240. The number of carbonyl (C=O) groups excluding carboxylic acids is 1. The van der Waals surface area contributed by atoms with Gasteiger partial charge in [0.1, 0.15) is 12.6 Å². The summed E-state index contributed by atoms with van der Waals surface area (Å²) in [4.78, 5) is 27.7. The molecule has 2 aliphatic rings. The minimum atomic E-state index is -1.17. The number of ether oxygens (including phenoxy) is 2. The van der Waals surface area contributed by atoms with Crippen LogP contribution in [0.2, 0.25) is 0 Å². The minimum absolute atomic E-state index is 0.0322. The Balaban J connectivity index is 1.44. The highest BCUT2D eigenvalue weighted by Gasteiger charge is 2.40. The van der Waals surface area contributed by atoms with Crippen molar-refractivity contribution in [2.45, 2.75) is 63.5 Å². The van der Waals surface area contributed by atoms with Crippen LogP contribution in [0.4, 0.5) is 4.39 Å². The lowest BCUT2D eigenvalue weighted by Gasteiger charge is -2.37. The highest BCUT2D eigenvalue weighted by atomic mass is 19.1. The van der Waals surface area contributed by atoms with Crippen LogP contribution >= 0.6 is 0 Å². The first kappa shape index (κ1) is 25.0. The van der Waals surface area contributed by atoms with Crippen molar-refractivity contribution in [3.8, 4) is 5.75 Å². The average molecular weight is 504 g/mol. The number of carbonyl (C=O) groups is 2. The van der Waals surface area contributed by atoms with Gasteiger partial charge in [-0.15, -0.1) is 0 Å². The maximum absolute atomic E-state index is 14.9. The standard InChI is InChI=1S/C30H30FNO5/c31-25-16-15-22-18-32(29(33)27(21-11-5-2-6-12-21)37-23-13-7-8-14-23)26(30(34)35)17-24(22)28(25)36-19-20-9-3-1-4-10-20/h1-6,9-12,15-16,23,26-27H,7-8,13-14,17-19H2,(H,34,35)/t26-,27-/m0/s1. The summed E-state index contributed by atoms with van der Waals surface area (Å²) in [7, 11) is 0. The number of halogens is 1. The Morgan fingerprint density at radius 1 is 0.973 bits per heavy atom. The van der Waals surface area contributed by atoms with E-state index in [0.29, 0.717) is 16.7 Å². The van der Waals surface area contributed by atoms with E-state index in [1.807, 2.05) is 60.7 Å². The second-order valence-corrected chi connectivity index (χ2v) is 9.65. The van der Waals surface area contributed by atoms with Crippen LogP contribution in [0, 0.1) is 5.82 Å². The number of aliphatic carboxylic acids is 1. The molecule has 1 saturated carbocycles. The molecule has 1 N–H and O–H groups in total. The lowest BCUT2D eigenvalue weighted by Crippen LogP contribution is -2.50. The molecule has 7 heteroatoms. The number of rotatable bonds is 8. The molecule has 3 aromatic carbocycles. The van der Waals surface area contributed by atoms with E-state index in [4.69, 9.17) is 9.47 Å². The molecule has 0 saturated heterocycles. The zero-order valence-electron chi connectivity index (χ0n) is 20.5. The first-order chi connectivity index (χ1) is 18.0. The summed E-state index contributed by atoms with van der Waals surface area (Å²) in [5.41, 5.74) is 2.72.